The molecule has 0 aliphatic rings. The zero-order valence-electron chi connectivity index (χ0n) is 12.2. The Labute approximate surface area is 114 Å². The smallest absolute Gasteiger partial charge is 0.307 e. The van der Waals surface area contributed by atoms with Gasteiger partial charge in [0.2, 0.25) is 11.8 Å². The van der Waals surface area contributed by atoms with Crippen molar-refractivity contribution in [3.05, 3.63) is 0 Å². The molecular weight excluding hydrogens is 248 g/mol. The van der Waals surface area contributed by atoms with Crippen molar-refractivity contribution in [2.75, 3.05) is 26.2 Å². The van der Waals surface area contributed by atoms with Crippen molar-refractivity contribution >= 4 is 17.8 Å². The van der Waals surface area contributed by atoms with Crippen LogP contribution in [0.5, 0.6) is 0 Å². The van der Waals surface area contributed by atoms with Gasteiger partial charge in [0.05, 0.1) is 13.0 Å². The van der Waals surface area contributed by atoms with E-state index in [9.17, 15) is 14.4 Å². The van der Waals surface area contributed by atoms with Crippen molar-refractivity contribution in [1.29, 1.82) is 0 Å². The van der Waals surface area contributed by atoms with Crippen molar-refractivity contribution < 1.29 is 19.1 Å². The molecule has 0 saturated heterocycles. The molecule has 0 bridgehead atoms. The largest absolute Gasteiger partial charge is 0.466 e. The molecule has 19 heavy (non-hydrogen) atoms. The fraction of sp³-hybridized carbons (Fsp3) is 0.769. The number of hydrogen-bond acceptors (Lipinski definition) is 4. The second-order valence-electron chi connectivity index (χ2n) is 4.52. The molecule has 6 heteroatoms. The van der Waals surface area contributed by atoms with Crippen LogP contribution >= 0.6 is 0 Å². The predicted molar refractivity (Wildman–Crippen MR) is 71.4 cm³/mol. The van der Waals surface area contributed by atoms with E-state index in [2.05, 4.69) is 5.32 Å². The molecule has 0 atom stereocenters. The first-order valence-corrected chi connectivity index (χ1v) is 6.57. The van der Waals surface area contributed by atoms with E-state index in [-0.39, 0.29) is 30.1 Å². The molecule has 0 aromatic heterocycles. The monoisotopic (exact) mass is 272 g/mol. The summed E-state index contributed by atoms with van der Waals surface area (Å²) in [5, 5.41) is 2.63. The molecule has 0 aromatic rings. The van der Waals surface area contributed by atoms with Gasteiger partial charge in [0.15, 0.2) is 0 Å². The topological polar surface area (TPSA) is 75.7 Å². The fourth-order valence-electron chi connectivity index (χ4n) is 1.52. The SMILES string of the molecule is CCOC(=O)CCN(CCNC(C)=O)C(=O)C(C)C. The second kappa shape index (κ2) is 9.35. The first kappa shape index (κ1) is 17.4. The van der Waals surface area contributed by atoms with E-state index in [0.717, 1.165) is 0 Å². The van der Waals surface area contributed by atoms with Gasteiger partial charge in [-0.1, -0.05) is 13.8 Å². The van der Waals surface area contributed by atoms with Crippen LogP contribution in [0.3, 0.4) is 0 Å². The maximum Gasteiger partial charge on any atom is 0.307 e. The third-order valence-corrected chi connectivity index (χ3v) is 2.45. The molecule has 0 unspecified atom stereocenters. The Kier molecular flexibility index (Phi) is 8.57. The van der Waals surface area contributed by atoms with Crippen molar-refractivity contribution in [2.45, 2.75) is 34.1 Å². The number of carbonyl (C=O) groups is 3. The molecule has 2 amide bonds. The van der Waals surface area contributed by atoms with E-state index in [0.29, 0.717) is 26.2 Å². The molecule has 0 saturated carbocycles. The lowest BCUT2D eigenvalue weighted by molar-refractivity contribution is -0.144. The Hall–Kier alpha value is -1.59. The standard InChI is InChI=1S/C13H24N2O4/c1-5-19-12(17)6-8-15(13(18)10(2)3)9-7-14-11(4)16/h10H,5-9H2,1-4H3,(H,14,16). The van der Waals surface area contributed by atoms with Gasteiger partial charge in [-0.15, -0.1) is 0 Å². The van der Waals surface area contributed by atoms with E-state index in [1.165, 1.54) is 6.92 Å². The van der Waals surface area contributed by atoms with Crippen LogP contribution in [0.15, 0.2) is 0 Å². The van der Waals surface area contributed by atoms with Crippen LogP contribution < -0.4 is 5.32 Å². The number of hydrogen-bond donors (Lipinski definition) is 1. The highest BCUT2D eigenvalue weighted by Crippen LogP contribution is 2.03. The van der Waals surface area contributed by atoms with Crippen molar-refractivity contribution in [3.8, 4) is 0 Å². The number of carbonyl (C=O) groups excluding carboxylic acids is 3. The number of amides is 2. The molecule has 0 aliphatic heterocycles. The summed E-state index contributed by atoms with van der Waals surface area (Å²) < 4.78 is 4.83. The zero-order valence-corrected chi connectivity index (χ0v) is 12.2. The van der Waals surface area contributed by atoms with Gasteiger partial charge in [0, 0.05) is 32.5 Å². The van der Waals surface area contributed by atoms with Crippen LogP contribution in [0.25, 0.3) is 0 Å². The number of esters is 1. The molecule has 0 spiro atoms. The normalized spacial score (nSPS) is 10.2. The third kappa shape index (κ3) is 8.18. The minimum Gasteiger partial charge on any atom is -0.466 e. The third-order valence-electron chi connectivity index (χ3n) is 2.45. The van der Waals surface area contributed by atoms with Crippen LogP contribution in [0.4, 0.5) is 0 Å². The van der Waals surface area contributed by atoms with Gasteiger partial charge < -0.3 is 15.0 Å². The summed E-state index contributed by atoms with van der Waals surface area (Å²) in [6.45, 7) is 8.21. The van der Waals surface area contributed by atoms with Crippen LogP contribution in [-0.4, -0.2) is 48.9 Å². The average Bonchev–Trinajstić information content (AvgIpc) is 2.32. The van der Waals surface area contributed by atoms with Gasteiger partial charge in [0.1, 0.15) is 0 Å². The molecule has 0 aromatic carbocycles. The highest BCUT2D eigenvalue weighted by Gasteiger charge is 2.18. The summed E-state index contributed by atoms with van der Waals surface area (Å²) >= 11 is 0. The number of nitrogens with one attached hydrogen (secondary N) is 1. The van der Waals surface area contributed by atoms with Crippen LogP contribution in [-0.2, 0) is 19.1 Å². The molecule has 0 rings (SSSR count). The summed E-state index contributed by atoms with van der Waals surface area (Å²) in [7, 11) is 0. The van der Waals surface area contributed by atoms with E-state index < -0.39 is 0 Å². The first-order valence-electron chi connectivity index (χ1n) is 6.57. The first-order chi connectivity index (χ1) is 8.88. The lowest BCUT2D eigenvalue weighted by atomic mass is 10.2. The molecule has 110 valence electrons. The highest BCUT2D eigenvalue weighted by atomic mass is 16.5. The molecule has 0 heterocycles. The van der Waals surface area contributed by atoms with Gasteiger partial charge in [-0.25, -0.2) is 0 Å². The highest BCUT2D eigenvalue weighted by molar-refractivity contribution is 5.79. The van der Waals surface area contributed by atoms with E-state index in [4.69, 9.17) is 4.74 Å². The van der Waals surface area contributed by atoms with Gasteiger partial charge >= 0.3 is 5.97 Å². The summed E-state index contributed by atoms with van der Waals surface area (Å²) in [5.41, 5.74) is 0. The minimum absolute atomic E-state index is 0.0327. The predicted octanol–water partition coefficient (Wildman–Crippen LogP) is 0.560. The maximum absolute atomic E-state index is 12.0. The van der Waals surface area contributed by atoms with Crippen LogP contribution in [0.2, 0.25) is 0 Å². The Morgan fingerprint density at radius 1 is 1.21 bits per heavy atom. The van der Waals surface area contributed by atoms with Gasteiger partial charge in [-0.2, -0.15) is 0 Å². The molecule has 6 nitrogen and oxygen atoms in total. The lowest BCUT2D eigenvalue weighted by Gasteiger charge is -2.24. The van der Waals surface area contributed by atoms with Crippen molar-refractivity contribution in [1.82, 2.24) is 10.2 Å². The summed E-state index contributed by atoms with van der Waals surface area (Å²) in [6, 6.07) is 0. The molecule has 1 N–H and O–H groups in total. The lowest BCUT2D eigenvalue weighted by Crippen LogP contribution is -2.41. The Morgan fingerprint density at radius 3 is 2.32 bits per heavy atom. The molecular formula is C13H24N2O4. The molecule has 0 fully saturated rings. The summed E-state index contributed by atoms with van der Waals surface area (Å²) in [4.78, 5) is 35.6. The van der Waals surface area contributed by atoms with E-state index in [1.54, 1.807) is 25.7 Å². The van der Waals surface area contributed by atoms with Gasteiger partial charge in [-0.3, -0.25) is 14.4 Å². The number of ether oxygens (including phenoxy) is 1. The Bertz CT molecular complexity index is 316. The minimum atomic E-state index is -0.316. The quantitative estimate of drug-likeness (QED) is 0.655. The second-order valence-corrected chi connectivity index (χ2v) is 4.52. The van der Waals surface area contributed by atoms with Crippen molar-refractivity contribution in [2.24, 2.45) is 5.92 Å². The van der Waals surface area contributed by atoms with Crippen LogP contribution in [0, 0.1) is 5.92 Å². The van der Waals surface area contributed by atoms with Crippen LogP contribution in [0.1, 0.15) is 34.1 Å². The van der Waals surface area contributed by atoms with Crippen molar-refractivity contribution in [3.63, 3.8) is 0 Å². The average molecular weight is 272 g/mol. The molecule has 0 radical (unpaired) electrons. The molecule has 0 aliphatic carbocycles. The summed E-state index contributed by atoms with van der Waals surface area (Å²) in [5.74, 6) is -0.625. The van der Waals surface area contributed by atoms with Gasteiger partial charge in [0.25, 0.3) is 0 Å². The Balaban J connectivity index is 4.29. The maximum atomic E-state index is 12.0. The zero-order chi connectivity index (χ0) is 14.8. The fourth-order valence-corrected chi connectivity index (χ4v) is 1.52. The van der Waals surface area contributed by atoms with E-state index >= 15 is 0 Å². The summed E-state index contributed by atoms with van der Waals surface area (Å²) in [6.07, 6.45) is 0.173. The number of rotatable bonds is 8. The number of nitrogens with zero attached hydrogens (tertiary/aromatic N) is 1. The van der Waals surface area contributed by atoms with Gasteiger partial charge in [-0.05, 0) is 6.92 Å². The Morgan fingerprint density at radius 2 is 1.84 bits per heavy atom. The van der Waals surface area contributed by atoms with E-state index in [1.807, 2.05) is 0 Å².